The third-order valence-electron chi connectivity index (χ3n) is 3.60. The van der Waals surface area contributed by atoms with Crippen molar-refractivity contribution in [1.29, 1.82) is 0 Å². The zero-order valence-corrected chi connectivity index (χ0v) is 15.7. The fraction of sp³-hybridized carbons (Fsp3) is 0.158. The molecular weight excluding hydrogens is 368 g/mol. The minimum atomic E-state index is -3.80. The van der Waals surface area contributed by atoms with Crippen molar-refractivity contribution in [1.82, 2.24) is 0 Å². The number of hydrogen-bond acceptors (Lipinski definition) is 5. The van der Waals surface area contributed by atoms with Gasteiger partial charge in [0, 0.05) is 11.8 Å². The highest BCUT2D eigenvalue weighted by Crippen LogP contribution is 2.13. The van der Waals surface area contributed by atoms with E-state index in [9.17, 15) is 18.0 Å². The van der Waals surface area contributed by atoms with E-state index in [1.54, 1.807) is 6.08 Å². The number of benzene rings is 2. The van der Waals surface area contributed by atoms with E-state index >= 15 is 0 Å². The third-order valence-corrected chi connectivity index (χ3v) is 4.53. The van der Waals surface area contributed by atoms with Crippen LogP contribution in [0.2, 0.25) is 0 Å². The number of aryl methyl sites for hydroxylation is 1. The maximum Gasteiger partial charge on any atom is 0.331 e. The topological polar surface area (TPSA) is 116 Å². The van der Waals surface area contributed by atoms with Crippen LogP contribution in [0.4, 0.5) is 5.69 Å². The van der Waals surface area contributed by atoms with E-state index in [2.05, 4.69) is 5.32 Å². The lowest BCUT2D eigenvalue weighted by molar-refractivity contribution is -0.148. The summed E-state index contributed by atoms with van der Waals surface area (Å²) in [4.78, 5) is 23.9. The molecule has 0 bridgehead atoms. The lowest BCUT2D eigenvalue weighted by Crippen LogP contribution is -2.29. The molecule has 1 atom stereocenters. The van der Waals surface area contributed by atoms with Gasteiger partial charge in [-0.3, -0.25) is 4.79 Å². The first-order valence-corrected chi connectivity index (χ1v) is 9.59. The van der Waals surface area contributed by atoms with Gasteiger partial charge in [0.15, 0.2) is 6.10 Å². The molecule has 0 aliphatic rings. The minimum absolute atomic E-state index is 0.0683. The molecule has 27 heavy (non-hydrogen) atoms. The smallest absolute Gasteiger partial charge is 0.331 e. The van der Waals surface area contributed by atoms with Gasteiger partial charge in [-0.1, -0.05) is 29.8 Å². The first kappa shape index (κ1) is 20.3. The highest BCUT2D eigenvalue weighted by Gasteiger charge is 2.17. The average molecular weight is 388 g/mol. The summed E-state index contributed by atoms with van der Waals surface area (Å²) in [5.74, 6) is -1.20. The Bertz CT molecular complexity index is 949. The number of sulfonamides is 1. The quantitative estimate of drug-likeness (QED) is 0.581. The Morgan fingerprint density at radius 1 is 1.07 bits per heavy atom. The van der Waals surface area contributed by atoms with Crippen molar-refractivity contribution in [2.75, 3.05) is 5.32 Å². The molecule has 8 heteroatoms. The van der Waals surface area contributed by atoms with E-state index in [4.69, 9.17) is 9.88 Å². The van der Waals surface area contributed by atoms with Crippen LogP contribution in [0.3, 0.4) is 0 Å². The van der Waals surface area contributed by atoms with Crippen LogP contribution in [0.15, 0.2) is 59.5 Å². The molecule has 2 rings (SSSR count). The fourth-order valence-electron chi connectivity index (χ4n) is 2.08. The number of rotatable bonds is 6. The summed E-state index contributed by atoms with van der Waals surface area (Å²) in [5, 5.41) is 7.54. The lowest BCUT2D eigenvalue weighted by Gasteiger charge is -2.12. The molecular formula is C19H20N2O5S. The molecule has 0 aliphatic heterocycles. The van der Waals surface area contributed by atoms with Crippen molar-refractivity contribution in [3.63, 3.8) is 0 Å². The van der Waals surface area contributed by atoms with E-state index in [0.29, 0.717) is 5.69 Å². The van der Waals surface area contributed by atoms with E-state index < -0.39 is 28.0 Å². The van der Waals surface area contributed by atoms with E-state index in [1.807, 2.05) is 31.2 Å². The SMILES string of the molecule is Cc1ccc(/C=C/C(=O)O[C@@H](C)C(=O)Nc2ccc(S(N)(=O)=O)cc2)cc1. The number of nitrogens with one attached hydrogen (secondary N) is 1. The van der Waals surface area contributed by atoms with Gasteiger partial charge < -0.3 is 10.1 Å². The second-order valence-corrected chi connectivity index (χ2v) is 7.44. The summed E-state index contributed by atoms with van der Waals surface area (Å²) in [5.41, 5.74) is 2.30. The Labute approximate surface area is 157 Å². The standard InChI is InChI=1S/C19H20N2O5S/c1-13-3-5-15(6-4-13)7-12-18(22)26-14(2)19(23)21-16-8-10-17(11-9-16)27(20,24)25/h3-12,14H,1-2H3,(H,21,23)(H2,20,24,25)/b12-7+/t14-/m0/s1. The monoisotopic (exact) mass is 388 g/mol. The molecule has 3 N–H and O–H groups in total. The molecule has 0 fully saturated rings. The number of carbonyl (C=O) groups excluding carboxylic acids is 2. The summed E-state index contributed by atoms with van der Waals surface area (Å²) < 4.78 is 27.5. The van der Waals surface area contributed by atoms with E-state index in [1.165, 1.54) is 37.3 Å². The molecule has 0 spiro atoms. The van der Waals surface area contributed by atoms with Gasteiger partial charge in [0.25, 0.3) is 5.91 Å². The first-order chi connectivity index (χ1) is 12.6. The van der Waals surface area contributed by atoms with Gasteiger partial charge in [-0.15, -0.1) is 0 Å². The molecule has 0 heterocycles. The highest BCUT2D eigenvalue weighted by molar-refractivity contribution is 7.89. The van der Waals surface area contributed by atoms with Crippen LogP contribution in [0.25, 0.3) is 6.08 Å². The van der Waals surface area contributed by atoms with Crippen LogP contribution in [-0.2, 0) is 24.3 Å². The number of nitrogens with two attached hydrogens (primary N) is 1. The Hall–Kier alpha value is -2.97. The van der Waals surface area contributed by atoms with Crippen LogP contribution in [0.5, 0.6) is 0 Å². The number of primary sulfonamides is 1. The normalized spacial score (nSPS) is 12.6. The molecule has 0 radical (unpaired) electrons. The second kappa shape index (κ2) is 8.61. The van der Waals surface area contributed by atoms with Crippen LogP contribution >= 0.6 is 0 Å². The molecule has 0 saturated carbocycles. The molecule has 2 aromatic carbocycles. The zero-order chi connectivity index (χ0) is 20.0. The lowest BCUT2D eigenvalue weighted by atomic mass is 10.1. The van der Waals surface area contributed by atoms with Crippen LogP contribution in [0, 0.1) is 6.92 Å². The van der Waals surface area contributed by atoms with E-state index in [0.717, 1.165) is 11.1 Å². The van der Waals surface area contributed by atoms with Crippen LogP contribution in [0.1, 0.15) is 18.1 Å². The Balaban J connectivity index is 1.91. The van der Waals surface area contributed by atoms with Crippen molar-refractivity contribution in [3.8, 4) is 0 Å². The predicted octanol–water partition coefficient (Wildman–Crippen LogP) is 2.23. The van der Waals surface area contributed by atoms with Crippen LogP contribution in [-0.4, -0.2) is 26.4 Å². The number of amides is 1. The first-order valence-electron chi connectivity index (χ1n) is 8.04. The molecule has 7 nitrogen and oxygen atoms in total. The predicted molar refractivity (Wildman–Crippen MR) is 102 cm³/mol. The molecule has 0 aromatic heterocycles. The highest BCUT2D eigenvalue weighted by atomic mass is 32.2. The maximum atomic E-state index is 12.1. The van der Waals surface area contributed by atoms with Gasteiger partial charge in [-0.2, -0.15) is 0 Å². The van der Waals surface area contributed by atoms with Gasteiger partial charge in [0.2, 0.25) is 10.0 Å². The number of esters is 1. The number of hydrogen-bond donors (Lipinski definition) is 2. The average Bonchev–Trinajstić information content (AvgIpc) is 2.61. The number of anilines is 1. The van der Waals surface area contributed by atoms with Crippen LogP contribution < -0.4 is 10.5 Å². The molecule has 142 valence electrons. The maximum absolute atomic E-state index is 12.1. The van der Waals surface area contributed by atoms with Crippen molar-refractivity contribution in [2.24, 2.45) is 5.14 Å². The minimum Gasteiger partial charge on any atom is -0.449 e. The summed E-state index contributed by atoms with van der Waals surface area (Å²) in [6, 6.07) is 12.9. The fourth-order valence-corrected chi connectivity index (χ4v) is 2.60. The number of ether oxygens (including phenoxy) is 1. The van der Waals surface area contributed by atoms with Gasteiger partial charge in [0.05, 0.1) is 4.90 Å². The van der Waals surface area contributed by atoms with Gasteiger partial charge >= 0.3 is 5.97 Å². The molecule has 0 aliphatic carbocycles. The summed E-state index contributed by atoms with van der Waals surface area (Å²) in [6.45, 7) is 3.40. The largest absolute Gasteiger partial charge is 0.449 e. The summed E-state index contributed by atoms with van der Waals surface area (Å²) in [7, 11) is -3.80. The second-order valence-electron chi connectivity index (χ2n) is 5.88. The van der Waals surface area contributed by atoms with Crippen molar-refractivity contribution >= 4 is 33.7 Å². The van der Waals surface area contributed by atoms with E-state index in [-0.39, 0.29) is 4.90 Å². The summed E-state index contributed by atoms with van der Waals surface area (Å²) >= 11 is 0. The molecule has 0 unspecified atom stereocenters. The summed E-state index contributed by atoms with van der Waals surface area (Å²) in [6.07, 6.45) is 1.81. The van der Waals surface area contributed by atoms with Crippen molar-refractivity contribution < 1.29 is 22.7 Å². The van der Waals surface area contributed by atoms with Crippen molar-refractivity contribution in [3.05, 3.63) is 65.7 Å². The molecule has 1 amide bonds. The van der Waals surface area contributed by atoms with Crippen molar-refractivity contribution in [2.45, 2.75) is 24.8 Å². The Morgan fingerprint density at radius 3 is 2.22 bits per heavy atom. The van der Waals surface area contributed by atoms with Gasteiger partial charge in [-0.05, 0) is 49.8 Å². The molecule has 2 aromatic rings. The molecule has 0 saturated heterocycles. The number of carbonyl (C=O) groups is 2. The van der Waals surface area contributed by atoms with Gasteiger partial charge in [-0.25, -0.2) is 18.4 Å². The zero-order valence-electron chi connectivity index (χ0n) is 14.9. The van der Waals surface area contributed by atoms with Gasteiger partial charge in [0.1, 0.15) is 0 Å². The Morgan fingerprint density at radius 2 is 1.67 bits per heavy atom. The third kappa shape index (κ3) is 6.36. The Kier molecular flexibility index (Phi) is 6.49.